The van der Waals surface area contributed by atoms with Gasteiger partial charge >= 0.3 is 0 Å². The van der Waals surface area contributed by atoms with Crippen LogP contribution in [-0.2, 0) is 4.79 Å². The van der Waals surface area contributed by atoms with Gasteiger partial charge in [-0.2, -0.15) is 0 Å². The summed E-state index contributed by atoms with van der Waals surface area (Å²) in [5.74, 6) is -0.0430. The number of hydrogen-bond donors (Lipinski definition) is 3. The number of halogens is 1. The molecule has 1 aliphatic heterocycles. The summed E-state index contributed by atoms with van der Waals surface area (Å²) >= 11 is 6.22. The Kier molecular flexibility index (Phi) is 5.00. The molecule has 124 valence electrons. The van der Waals surface area contributed by atoms with Gasteiger partial charge in [-0.1, -0.05) is 11.6 Å². The third kappa shape index (κ3) is 4.48. The Hall–Kier alpha value is -2.01. The smallest absolute Gasteiger partial charge is 0.226 e. The predicted octanol–water partition coefficient (Wildman–Crippen LogP) is 3.65. The van der Waals surface area contributed by atoms with E-state index in [1.807, 2.05) is 33.8 Å². The normalized spacial score (nSPS) is 19.1. The Labute approximate surface area is 142 Å². The minimum atomic E-state index is -0.210. The number of hydrogen-bond acceptors (Lipinski definition) is 4. The number of anilines is 2. The summed E-state index contributed by atoms with van der Waals surface area (Å²) in [6, 6.07) is 3.57. The summed E-state index contributed by atoms with van der Waals surface area (Å²) in [5.41, 5.74) is 8.63. The van der Waals surface area contributed by atoms with E-state index in [1.54, 1.807) is 12.3 Å². The average Bonchev–Trinajstić information content (AvgIpc) is 2.54. The van der Waals surface area contributed by atoms with E-state index in [0.29, 0.717) is 17.1 Å². The molecule has 1 aliphatic rings. The largest absolute Gasteiger partial charge is 0.404 e. The summed E-state index contributed by atoms with van der Waals surface area (Å²) in [6.07, 6.45) is 3.63. The van der Waals surface area contributed by atoms with Crippen molar-refractivity contribution in [3.05, 3.63) is 28.9 Å². The van der Waals surface area contributed by atoms with E-state index in [2.05, 4.69) is 15.6 Å². The molecule has 6 heteroatoms. The molecular weight excluding hydrogens is 312 g/mol. The Morgan fingerprint density at radius 2 is 2.13 bits per heavy atom. The third-order valence-corrected chi connectivity index (χ3v) is 3.56. The van der Waals surface area contributed by atoms with Crippen LogP contribution in [0.4, 0.5) is 11.4 Å². The van der Waals surface area contributed by atoms with Crippen LogP contribution in [0.25, 0.3) is 5.57 Å². The molecule has 1 aromatic rings. The number of nitrogens with one attached hydrogen (secondary N) is 2. The highest BCUT2D eigenvalue weighted by Gasteiger charge is 2.22. The molecule has 23 heavy (non-hydrogen) atoms. The Morgan fingerprint density at radius 1 is 1.43 bits per heavy atom. The first-order chi connectivity index (χ1) is 10.7. The fourth-order valence-electron chi connectivity index (χ4n) is 2.33. The van der Waals surface area contributed by atoms with E-state index in [0.717, 1.165) is 16.8 Å². The number of aliphatic imine (C=N–C) groups is 1. The first-order valence-electron chi connectivity index (χ1n) is 7.57. The van der Waals surface area contributed by atoms with Crippen molar-refractivity contribution in [2.75, 3.05) is 10.6 Å². The van der Waals surface area contributed by atoms with Crippen molar-refractivity contribution in [3.8, 4) is 0 Å². The van der Waals surface area contributed by atoms with E-state index in [4.69, 9.17) is 17.3 Å². The first kappa shape index (κ1) is 17.3. The van der Waals surface area contributed by atoms with Crippen LogP contribution in [0.15, 0.2) is 23.3 Å². The van der Waals surface area contributed by atoms with Gasteiger partial charge in [0, 0.05) is 41.0 Å². The molecule has 1 atom stereocenters. The monoisotopic (exact) mass is 334 g/mol. The predicted molar refractivity (Wildman–Crippen MR) is 98.2 cm³/mol. The molecule has 1 amide bonds. The molecule has 5 nitrogen and oxygen atoms in total. The van der Waals surface area contributed by atoms with Crippen LogP contribution in [0.5, 0.6) is 0 Å². The van der Waals surface area contributed by atoms with Gasteiger partial charge in [-0.3, -0.25) is 9.79 Å². The van der Waals surface area contributed by atoms with Crippen molar-refractivity contribution in [3.63, 3.8) is 0 Å². The number of nitrogens with zero attached hydrogens (tertiary/aromatic N) is 1. The Balaban J connectivity index is 2.54. The Morgan fingerprint density at radius 3 is 2.74 bits per heavy atom. The standard InChI is InChI=1S/C17H23ClN4O/c1-10-5-15(23)22-14-7-12(18)6-13(16(14)21-10)11(8-19)9-20-17(2,3)4/h6-10,21H,5,19H2,1-4H3,(H,22,23)/b11-8+,20-9?/t10-/m1/s1. The van der Waals surface area contributed by atoms with E-state index in [9.17, 15) is 4.79 Å². The number of allylic oxidation sites excluding steroid dienone is 1. The summed E-state index contributed by atoms with van der Waals surface area (Å²) < 4.78 is 0. The van der Waals surface area contributed by atoms with Crippen molar-refractivity contribution < 1.29 is 4.79 Å². The molecule has 0 aliphatic carbocycles. The summed E-state index contributed by atoms with van der Waals surface area (Å²) in [5, 5.41) is 6.77. The lowest BCUT2D eigenvalue weighted by atomic mass is 10.0. The van der Waals surface area contributed by atoms with E-state index < -0.39 is 0 Å². The van der Waals surface area contributed by atoms with Crippen LogP contribution in [0.2, 0.25) is 5.02 Å². The minimum absolute atomic E-state index is 0.00903. The SMILES string of the molecule is C[C@@H]1CC(=O)Nc2cc(Cl)cc(/C(C=NC(C)(C)C)=C/N)c2N1. The second-order valence-corrected chi connectivity index (χ2v) is 7.16. The molecule has 0 bridgehead atoms. The number of fused-ring (bicyclic) bond motifs is 1. The second kappa shape index (κ2) is 6.62. The van der Waals surface area contributed by atoms with Crippen LogP contribution >= 0.6 is 11.6 Å². The molecule has 0 aromatic heterocycles. The molecule has 0 spiro atoms. The summed E-state index contributed by atoms with van der Waals surface area (Å²) in [6.45, 7) is 7.99. The maximum Gasteiger partial charge on any atom is 0.226 e. The molecule has 1 aromatic carbocycles. The maximum atomic E-state index is 11.9. The van der Waals surface area contributed by atoms with Gasteiger partial charge in [0.25, 0.3) is 0 Å². The van der Waals surface area contributed by atoms with E-state index in [-0.39, 0.29) is 17.5 Å². The number of benzene rings is 1. The van der Waals surface area contributed by atoms with Gasteiger partial charge in [0.2, 0.25) is 5.91 Å². The van der Waals surface area contributed by atoms with Crippen LogP contribution in [-0.4, -0.2) is 23.7 Å². The molecule has 0 unspecified atom stereocenters. The molecule has 0 radical (unpaired) electrons. The maximum absolute atomic E-state index is 11.9. The van der Waals surface area contributed by atoms with Crippen LogP contribution < -0.4 is 16.4 Å². The van der Waals surface area contributed by atoms with E-state index in [1.165, 1.54) is 6.20 Å². The van der Waals surface area contributed by atoms with Crippen molar-refractivity contribution >= 4 is 40.7 Å². The lowest BCUT2D eigenvalue weighted by molar-refractivity contribution is -0.116. The zero-order chi connectivity index (χ0) is 17.2. The molecule has 4 N–H and O–H groups in total. The molecule has 0 saturated heterocycles. The fraction of sp³-hybridized carbons (Fsp3) is 0.412. The number of amides is 1. The zero-order valence-corrected chi connectivity index (χ0v) is 14.7. The van der Waals surface area contributed by atoms with Crippen molar-refractivity contribution in [1.82, 2.24) is 0 Å². The molecule has 2 rings (SSSR count). The highest BCUT2D eigenvalue weighted by Crippen LogP contribution is 2.36. The van der Waals surface area contributed by atoms with Crippen molar-refractivity contribution in [2.45, 2.75) is 45.7 Å². The van der Waals surface area contributed by atoms with Crippen molar-refractivity contribution in [1.29, 1.82) is 0 Å². The molecule has 0 fully saturated rings. The zero-order valence-electron chi connectivity index (χ0n) is 13.9. The topological polar surface area (TPSA) is 79.5 Å². The number of rotatable bonds is 2. The van der Waals surface area contributed by atoms with Crippen LogP contribution in [0, 0.1) is 0 Å². The van der Waals surface area contributed by atoms with Gasteiger partial charge in [-0.05, 0) is 39.8 Å². The quantitative estimate of drug-likeness (QED) is 0.722. The lowest BCUT2D eigenvalue weighted by Crippen LogP contribution is -2.19. The van der Waals surface area contributed by atoms with Crippen LogP contribution in [0.1, 0.15) is 39.7 Å². The third-order valence-electron chi connectivity index (χ3n) is 3.34. The highest BCUT2D eigenvalue weighted by molar-refractivity contribution is 6.32. The van der Waals surface area contributed by atoms with Gasteiger partial charge in [0.15, 0.2) is 0 Å². The number of nitrogens with two attached hydrogens (primary N) is 1. The van der Waals surface area contributed by atoms with Gasteiger partial charge in [-0.15, -0.1) is 0 Å². The average molecular weight is 335 g/mol. The fourth-order valence-corrected chi connectivity index (χ4v) is 2.55. The molecular formula is C17H23ClN4O. The highest BCUT2D eigenvalue weighted by atomic mass is 35.5. The minimum Gasteiger partial charge on any atom is -0.404 e. The van der Waals surface area contributed by atoms with Crippen molar-refractivity contribution in [2.24, 2.45) is 10.7 Å². The summed E-state index contributed by atoms with van der Waals surface area (Å²) in [4.78, 5) is 16.4. The van der Waals surface area contributed by atoms with Gasteiger partial charge in [0.1, 0.15) is 0 Å². The van der Waals surface area contributed by atoms with Crippen LogP contribution in [0.3, 0.4) is 0 Å². The molecule has 0 saturated carbocycles. The number of carbonyl (C=O) groups excluding carboxylic acids is 1. The Bertz CT molecular complexity index is 674. The number of carbonyl (C=O) groups is 1. The second-order valence-electron chi connectivity index (χ2n) is 6.72. The summed E-state index contributed by atoms with van der Waals surface area (Å²) in [7, 11) is 0. The lowest BCUT2D eigenvalue weighted by Gasteiger charge is -2.18. The molecule has 1 heterocycles. The van der Waals surface area contributed by atoms with Gasteiger partial charge in [-0.25, -0.2) is 0 Å². The van der Waals surface area contributed by atoms with Gasteiger partial charge < -0.3 is 16.4 Å². The van der Waals surface area contributed by atoms with Gasteiger partial charge in [0.05, 0.1) is 16.9 Å². The van der Waals surface area contributed by atoms with E-state index >= 15 is 0 Å². The first-order valence-corrected chi connectivity index (χ1v) is 7.95.